The van der Waals surface area contributed by atoms with Crippen LogP contribution in [0.4, 0.5) is 0 Å². The first-order valence-corrected chi connectivity index (χ1v) is 8.25. The molecule has 23 heavy (non-hydrogen) atoms. The summed E-state index contributed by atoms with van der Waals surface area (Å²) in [5.41, 5.74) is -0.560. The molecule has 1 unspecified atom stereocenters. The van der Waals surface area contributed by atoms with Crippen molar-refractivity contribution < 1.29 is 19.4 Å². The normalized spacial score (nSPS) is 12.7. The number of carbonyl (C=O) groups is 2. The molecule has 6 heteroatoms. The molecule has 0 bridgehead atoms. The third-order valence-electron chi connectivity index (χ3n) is 4.14. The number of unbranched alkanes of at least 4 members (excludes halogenated alkanes) is 6. The van der Waals surface area contributed by atoms with Crippen LogP contribution in [0.1, 0.15) is 85.5 Å². The maximum absolute atomic E-state index is 11.6. The van der Waals surface area contributed by atoms with Crippen LogP contribution in [-0.4, -0.2) is 92.9 Å². The molecule has 0 amide bonds. The molecule has 1 atom stereocenters. The molecule has 4 nitrogen and oxygen atoms in total. The van der Waals surface area contributed by atoms with Crippen molar-refractivity contribution in [1.82, 2.24) is 0 Å². The number of carbonyl (C=O) groups excluding carboxylic acids is 1. The standard InChI is InChI=1S/C17H32O4.K.Li.2H/c1-5-6-7-8-9-10-11-12-17(4,14(2)3)21-16(20)13-15(18)19;;;;/h14H,5-13H2,1-4H3,(H,18,19);;;;. The Bertz CT molecular complexity index is 324. The Labute approximate surface area is 196 Å². The molecule has 0 aliphatic carbocycles. The van der Waals surface area contributed by atoms with Gasteiger partial charge in [-0.25, -0.2) is 0 Å². The summed E-state index contributed by atoms with van der Waals surface area (Å²) >= 11 is 0. The van der Waals surface area contributed by atoms with Crippen LogP contribution in [0.5, 0.6) is 0 Å². The Balaban J connectivity index is -0.00000200. The molecule has 0 fully saturated rings. The molecule has 0 rings (SSSR count). The van der Waals surface area contributed by atoms with Crippen molar-refractivity contribution in [2.24, 2.45) is 5.92 Å². The molecule has 1 N–H and O–H groups in total. The van der Waals surface area contributed by atoms with Gasteiger partial charge in [-0.05, 0) is 25.7 Å². The molecule has 0 aromatic heterocycles. The summed E-state index contributed by atoms with van der Waals surface area (Å²) in [5, 5.41) is 8.64. The van der Waals surface area contributed by atoms with E-state index in [1.165, 1.54) is 32.1 Å². The zero-order valence-corrected chi connectivity index (χ0v) is 14.1. The van der Waals surface area contributed by atoms with Crippen molar-refractivity contribution in [3.05, 3.63) is 0 Å². The minimum atomic E-state index is -1.14. The first kappa shape index (κ1) is 29.0. The van der Waals surface area contributed by atoms with Gasteiger partial charge in [-0.2, -0.15) is 0 Å². The molecule has 128 valence electrons. The van der Waals surface area contributed by atoms with Crippen LogP contribution in [0, 0.1) is 5.92 Å². The van der Waals surface area contributed by atoms with E-state index in [9.17, 15) is 9.59 Å². The van der Waals surface area contributed by atoms with Crippen LogP contribution >= 0.6 is 0 Å². The van der Waals surface area contributed by atoms with Crippen molar-refractivity contribution >= 4 is 82.2 Å². The zero-order valence-electron chi connectivity index (χ0n) is 14.1. The Morgan fingerprint density at radius 3 is 1.96 bits per heavy atom. The Morgan fingerprint density at radius 2 is 1.52 bits per heavy atom. The molecule has 0 saturated carbocycles. The van der Waals surface area contributed by atoms with Crippen LogP contribution in [-0.2, 0) is 14.3 Å². The van der Waals surface area contributed by atoms with Gasteiger partial charge in [0, 0.05) is 0 Å². The maximum atomic E-state index is 11.6. The SMILES string of the molecule is CCCCCCCCCC(C)(OC(=O)CC(=O)O)C(C)C.[KH].[LiH]. The molecule has 0 aliphatic rings. The average molecular weight is 348 g/mol. The predicted molar refractivity (Wildman–Crippen MR) is 98.5 cm³/mol. The third kappa shape index (κ3) is 15.2. The second-order valence-electron chi connectivity index (χ2n) is 6.38. The quantitative estimate of drug-likeness (QED) is 0.254. The number of esters is 1. The third-order valence-corrected chi connectivity index (χ3v) is 4.14. The number of carboxylic acid groups (broad SMARTS) is 1. The van der Waals surface area contributed by atoms with E-state index in [0.29, 0.717) is 0 Å². The summed E-state index contributed by atoms with van der Waals surface area (Å²) in [6.45, 7) is 8.14. The van der Waals surface area contributed by atoms with Gasteiger partial charge in [-0.3, -0.25) is 9.59 Å². The summed E-state index contributed by atoms with van der Waals surface area (Å²) in [6.07, 6.45) is 8.74. The molecular formula is C17H34KLiO4. The van der Waals surface area contributed by atoms with Crippen molar-refractivity contribution in [1.29, 1.82) is 0 Å². The van der Waals surface area contributed by atoms with Gasteiger partial charge in [0.25, 0.3) is 0 Å². The average Bonchev–Trinajstić information content (AvgIpc) is 2.36. The van der Waals surface area contributed by atoms with Gasteiger partial charge in [-0.15, -0.1) is 0 Å². The molecule has 0 aromatic carbocycles. The number of hydrogen-bond acceptors (Lipinski definition) is 3. The fraction of sp³-hybridized carbons (Fsp3) is 0.882. The van der Waals surface area contributed by atoms with E-state index in [1.54, 1.807) is 0 Å². The second-order valence-corrected chi connectivity index (χ2v) is 6.38. The van der Waals surface area contributed by atoms with Gasteiger partial charge < -0.3 is 9.84 Å². The molecular weight excluding hydrogens is 314 g/mol. The summed E-state index contributed by atoms with van der Waals surface area (Å²) < 4.78 is 5.44. The van der Waals surface area contributed by atoms with E-state index in [2.05, 4.69) is 6.92 Å². The van der Waals surface area contributed by atoms with Gasteiger partial charge in [0.05, 0.1) is 0 Å². The summed E-state index contributed by atoms with van der Waals surface area (Å²) in [4.78, 5) is 22.1. The topological polar surface area (TPSA) is 63.6 Å². The molecule has 0 radical (unpaired) electrons. The Hall–Kier alpha value is 1.17. The summed E-state index contributed by atoms with van der Waals surface area (Å²) in [6, 6.07) is 0. The van der Waals surface area contributed by atoms with Crippen LogP contribution < -0.4 is 0 Å². The first-order valence-electron chi connectivity index (χ1n) is 8.25. The van der Waals surface area contributed by atoms with Crippen LogP contribution in [0.3, 0.4) is 0 Å². The molecule has 0 aliphatic heterocycles. The number of carboxylic acids is 1. The number of aliphatic carboxylic acids is 1. The molecule has 0 aromatic rings. The van der Waals surface area contributed by atoms with Gasteiger partial charge in [0.2, 0.25) is 0 Å². The van der Waals surface area contributed by atoms with Crippen molar-refractivity contribution in [2.75, 3.05) is 0 Å². The number of hydrogen-bond donors (Lipinski definition) is 1. The van der Waals surface area contributed by atoms with Gasteiger partial charge >= 0.3 is 82.2 Å². The van der Waals surface area contributed by atoms with Gasteiger partial charge in [0.15, 0.2) is 0 Å². The van der Waals surface area contributed by atoms with E-state index in [0.717, 1.165) is 19.3 Å². The van der Waals surface area contributed by atoms with Crippen molar-refractivity contribution in [2.45, 2.75) is 91.1 Å². The molecule has 0 heterocycles. The first-order chi connectivity index (χ1) is 9.81. The minimum absolute atomic E-state index is 0. The van der Waals surface area contributed by atoms with Crippen molar-refractivity contribution in [3.63, 3.8) is 0 Å². The predicted octanol–water partition coefficient (Wildman–Crippen LogP) is 3.26. The van der Waals surface area contributed by atoms with E-state index in [4.69, 9.17) is 9.84 Å². The van der Waals surface area contributed by atoms with E-state index in [-0.39, 0.29) is 76.2 Å². The van der Waals surface area contributed by atoms with Crippen LogP contribution in [0.15, 0.2) is 0 Å². The molecule has 0 saturated heterocycles. The monoisotopic (exact) mass is 348 g/mol. The fourth-order valence-electron chi connectivity index (χ4n) is 2.31. The van der Waals surface area contributed by atoms with Crippen molar-refractivity contribution in [3.8, 4) is 0 Å². The second kappa shape index (κ2) is 16.6. The Kier molecular flexibility index (Phi) is 20.9. The van der Waals surface area contributed by atoms with Gasteiger partial charge in [0.1, 0.15) is 12.0 Å². The Morgan fingerprint density at radius 1 is 1.04 bits per heavy atom. The van der Waals surface area contributed by atoms with Crippen LogP contribution in [0.2, 0.25) is 0 Å². The molecule has 0 spiro atoms. The number of rotatable bonds is 12. The summed E-state index contributed by atoms with van der Waals surface area (Å²) in [7, 11) is 0. The van der Waals surface area contributed by atoms with E-state index < -0.39 is 24.0 Å². The van der Waals surface area contributed by atoms with Gasteiger partial charge in [-0.1, -0.05) is 59.3 Å². The van der Waals surface area contributed by atoms with Crippen LogP contribution in [0.25, 0.3) is 0 Å². The number of ether oxygens (including phenoxy) is 1. The zero-order chi connectivity index (χ0) is 16.3. The summed E-state index contributed by atoms with van der Waals surface area (Å²) in [5.74, 6) is -1.60. The van der Waals surface area contributed by atoms with E-state index in [1.807, 2.05) is 20.8 Å². The van der Waals surface area contributed by atoms with E-state index >= 15 is 0 Å². The fourth-order valence-corrected chi connectivity index (χ4v) is 2.31.